The van der Waals surface area contributed by atoms with Crippen molar-refractivity contribution in [3.8, 4) is 5.75 Å². The third kappa shape index (κ3) is 2.35. The Morgan fingerprint density at radius 1 is 1.35 bits per heavy atom. The second-order valence-electron chi connectivity index (χ2n) is 4.67. The molecular formula is C15H16N4O. The molecule has 5 nitrogen and oxygen atoms in total. The van der Waals surface area contributed by atoms with Crippen molar-refractivity contribution >= 4 is 5.52 Å². The summed E-state index contributed by atoms with van der Waals surface area (Å²) in [7, 11) is 1.66. The third-order valence-electron chi connectivity index (χ3n) is 3.34. The van der Waals surface area contributed by atoms with Gasteiger partial charge in [0.05, 0.1) is 25.0 Å². The van der Waals surface area contributed by atoms with E-state index in [1.165, 1.54) is 0 Å². The largest absolute Gasteiger partial charge is 0.497 e. The fourth-order valence-corrected chi connectivity index (χ4v) is 2.30. The number of hydrogen-bond donors (Lipinski definition) is 1. The third-order valence-corrected chi connectivity index (χ3v) is 3.34. The molecule has 3 aromatic rings. The molecule has 1 atom stereocenters. The van der Waals surface area contributed by atoms with Gasteiger partial charge in [-0.05, 0) is 24.1 Å². The summed E-state index contributed by atoms with van der Waals surface area (Å²) in [5, 5.41) is 4.29. The Labute approximate surface area is 117 Å². The van der Waals surface area contributed by atoms with Crippen LogP contribution in [0.4, 0.5) is 0 Å². The zero-order valence-electron chi connectivity index (χ0n) is 11.2. The first-order chi connectivity index (χ1) is 9.78. The highest BCUT2D eigenvalue weighted by Gasteiger charge is 2.13. The van der Waals surface area contributed by atoms with Gasteiger partial charge >= 0.3 is 0 Å². The van der Waals surface area contributed by atoms with Crippen molar-refractivity contribution < 1.29 is 4.74 Å². The number of aromatic nitrogens is 3. The number of nitrogens with zero attached hydrogens (tertiary/aromatic N) is 3. The molecule has 20 heavy (non-hydrogen) atoms. The number of fused-ring (bicyclic) bond motifs is 1. The number of ether oxygens (including phenoxy) is 1. The van der Waals surface area contributed by atoms with Crippen LogP contribution in [0.1, 0.15) is 17.2 Å². The van der Waals surface area contributed by atoms with Crippen LogP contribution in [-0.4, -0.2) is 21.7 Å². The van der Waals surface area contributed by atoms with Crippen molar-refractivity contribution in [2.45, 2.75) is 12.5 Å². The van der Waals surface area contributed by atoms with Crippen LogP contribution in [0, 0.1) is 0 Å². The van der Waals surface area contributed by atoms with Crippen molar-refractivity contribution in [2.75, 3.05) is 7.11 Å². The predicted molar refractivity (Wildman–Crippen MR) is 76.6 cm³/mol. The smallest absolute Gasteiger partial charge is 0.119 e. The standard InChI is InChI=1S/C15H16N4O/c1-20-12-4-2-3-11(7-12)8-14(16)13-9-18-19-6-5-17-10-15(13)19/h2-7,9-10,14H,8,16H2,1H3. The topological polar surface area (TPSA) is 65.4 Å². The molecule has 2 heterocycles. The molecule has 1 unspecified atom stereocenters. The summed E-state index contributed by atoms with van der Waals surface area (Å²) >= 11 is 0. The lowest BCUT2D eigenvalue weighted by atomic mass is 10.0. The van der Waals surface area contributed by atoms with Gasteiger partial charge in [0.25, 0.3) is 0 Å². The van der Waals surface area contributed by atoms with Crippen LogP contribution in [0.3, 0.4) is 0 Å². The van der Waals surface area contributed by atoms with Gasteiger partial charge in [0.2, 0.25) is 0 Å². The molecule has 0 bridgehead atoms. The average molecular weight is 268 g/mol. The number of methoxy groups -OCH3 is 1. The van der Waals surface area contributed by atoms with E-state index >= 15 is 0 Å². The minimum atomic E-state index is -0.121. The summed E-state index contributed by atoms with van der Waals surface area (Å²) in [4.78, 5) is 4.13. The van der Waals surface area contributed by atoms with Gasteiger partial charge in [-0.25, -0.2) is 4.52 Å². The molecule has 0 aliphatic rings. The van der Waals surface area contributed by atoms with Gasteiger partial charge in [0, 0.05) is 24.0 Å². The van der Waals surface area contributed by atoms with E-state index in [4.69, 9.17) is 10.5 Å². The lowest BCUT2D eigenvalue weighted by Crippen LogP contribution is -2.13. The molecule has 0 saturated carbocycles. The fraction of sp³-hybridized carbons (Fsp3) is 0.200. The van der Waals surface area contributed by atoms with E-state index in [0.29, 0.717) is 0 Å². The molecule has 1 aromatic carbocycles. The van der Waals surface area contributed by atoms with E-state index in [1.54, 1.807) is 24.0 Å². The lowest BCUT2D eigenvalue weighted by molar-refractivity contribution is 0.414. The van der Waals surface area contributed by atoms with E-state index in [0.717, 1.165) is 28.8 Å². The second kappa shape index (κ2) is 5.30. The maximum Gasteiger partial charge on any atom is 0.119 e. The van der Waals surface area contributed by atoms with E-state index in [1.807, 2.05) is 36.7 Å². The average Bonchev–Trinajstić information content (AvgIpc) is 2.91. The first kappa shape index (κ1) is 12.6. The molecule has 0 saturated heterocycles. The van der Waals surface area contributed by atoms with E-state index in [-0.39, 0.29) is 6.04 Å². The summed E-state index contributed by atoms with van der Waals surface area (Å²) in [5.41, 5.74) is 9.39. The van der Waals surface area contributed by atoms with Crippen LogP contribution >= 0.6 is 0 Å². The van der Waals surface area contributed by atoms with Crippen molar-refractivity contribution in [3.05, 3.63) is 60.2 Å². The number of benzene rings is 1. The Morgan fingerprint density at radius 2 is 2.25 bits per heavy atom. The Kier molecular flexibility index (Phi) is 3.35. The number of nitrogens with two attached hydrogens (primary N) is 1. The molecule has 2 aromatic heterocycles. The van der Waals surface area contributed by atoms with Crippen molar-refractivity contribution in [1.29, 1.82) is 0 Å². The van der Waals surface area contributed by atoms with Crippen LogP contribution in [0.2, 0.25) is 0 Å². The van der Waals surface area contributed by atoms with Gasteiger partial charge in [0.1, 0.15) is 5.75 Å². The molecule has 0 aliphatic carbocycles. The van der Waals surface area contributed by atoms with E-state index < -0.39 is 0 Å². The summed E-state index contributed by atoms with van der Waals surface area (Å²) in [5.74, 6) is 0.844. The molecule has 0 aliphatic heterocycles. The molecule has 0 spiro atoms. The van der Waals surface area contributed by atoms with Gasteiger partial charge in [-0.3, -0.25) is 4.98 Å². The SMILES string of the molecule is COc1cccc(CC(N)c2cnn3ccncc23)c1. The summed E-state index contributed by atoms with van der Waals surface area (Å²) in [6, 6.07) is 7.83. The van der Waals surface area contributed by atoms with Crippen LogP contribution in [0.25, 0.3) is 5.52 Å². The molecule has 0 amide bonds. The Morgan fingerprint density at radius 3 is 3.10 bits per heavy atom. The van der Waals surface area contributed by atoms with Crippen LogP contribution < -0.4 is 10.5 Å². The maximum absolute atomic E-state index is 6.31. The molecule has 102 valence electrons. The quantitative estimate of drug-likeness (QED) is 0.785. The van der Waals surface area contributed by atoms with E-state index in [2.05, 4.69) is 10.1 Å². The van der Waals surface area contributed by atoms with Gasteiger partial charge in [0.15, 0.2) is 0 Å². The summed E-state index contributed by atoms with van der Waals surface area (Å²) in [6.45, 7) is 0. The highest BCUT2D eigenvalue weighted by Crippen LogP contribution is 2.22. The molecular weight excluding hydrogens is 252 g/mol. The molecule has 0 fully saturated rings. The minimum absolute atomic E-state index is 0.121. The van der Waals surface area contributed by atoms with Gasteiger partial charge in [-0.2, -0.15) is 5.10 Å². The predicted octanol–water partition coefficient (Wildman–Crippen LogP) is 1.98. The number of hydrogen-bond acceptors (Lipinski definition) is 4. The Bertz CT molecular complexity index is 722. The summed E-state index contributed by atoms with van der Waals surface area (Å²) in [6.07, 6.45) is 7.84. The van der Waals surface area contributed by atoms with Crippen LogP contribution in [0.5, 0.6) is 5.75 Å². The molecule has 0 radical (unpaired) electrons. The fourth-order valence-electron chi connectivity index (χ4n) is 2.30. The monoisotopic (exact) mass is 268 g/mol. The minimum Gasteiger partial charge on any atom is -0.497 e. The zero-order chi connectivity index (χ0) is 13.9. The normalized spacial score (nSPS) is 12.5. The molecule has 5 heteroatoms. The summed E-state index contributed by atoms with van der Waals surface area (Å²) < 4.78 is 7.02. The van der Waals surface area contributed by atoms with Gasteiger partial charge < -0.3 is 10.5 Å². The van der Waals surface area contributed by atoms with Gasteiger partial charge in [-0.1, -0.05) is 12.1 Å². The highest BCUT2D eigenvalue weighted by molar-refractivity contribution is 5.53. The van der Waals surface area contributed by atoms with Crippen LogP contribution in [0.15, 0.2) is 49.1 Å². The Hall–Kier alpha value is -2.40. The van der Waals surface area contributed by atoms with Crippen LogP contribution in [-0.2, 0) is 6.42 Å². The lowest BCUT2D eigenvalue weighted by Gasteiger charge is -2.11. The molecule has 2 N–H and O–H groups in total. The molecule has 3 rings (SSSR count). The van der Waals surface area contributed by atoms with Crippen molar-refractivity contribution in [2.24, 2.45) is 5.73 Å². The first-order valence-corrected chi connectivity index (χ1v) is 6.43. The van der Waals surface area contributed by atoms with Crippen molar-refractivity contribution in [1.82, 2.24) is 14.6 Å². The number of rotatable bonds is 4. The zero-order valence-corrected chi connectivity index (χ0v) is 11.2. The highest BCUT2D eigenvalue weighted by atomic mass is 16.5. The maximum atomic E-state index is 6.31. The second-order valence-corrected chi connectivity index (χ2v) is 4.67. The van der Waals surface area contributed by atoms with E-state index in [9.17, 15) is 0 Å². The van der Waals surface area contributed by atoms with Crippen molar-refractivity contribution in [3.63, 3.8) is 0 Å². The van der Waals surface area contributed by atoms with Gasteiger partial charge in [-0.15, -0.1) is 0 Å². The Balaban J connectivity index is 1.87. The first-order valence-electron chi connectivity index (χ1n) is 6.43.